The lowest BCUT2D eigenvalue weighted by atomic mass is 10.1. The Labute approximate surface area is 157 Å². The number of nitrogens with one attached hydrogen (secondary N) is 1. The molecule has 5 nitrogen and oxygen atoms in total. The highest BCUT2D eigenvalue weighted by Gasteiger charge is 2.12. The summed E-state index contributed by atoms with van der Waals surface area (Å²) in [5.74, 6) is 0.970. The molecule has 138 valence electrons. The first kappa shape index (κ1) is 18.5. The molecule has 0 bridgehead atoms. The van der Waals surface area contributed by atoms with Crippen molar-refractivity contribution in [2.75, 3.05) is 5.32 Å². The van der Waals surface area contributed by atoms with Crippen molar-refractivity contribution in [2.24, 2.45) is 0 Å². The molecule has 0 amide bonds. The van der Waals surface area contributed by atoms with Crippen LogP contribution >= 0.6 is 0 Å². The van der Waals surface area contributed by atoms with Crippen molar-refractivity contribution in [1.29, 1.82) is 0 Å². The maximum Gasteiger partial charge on any atom is 0.163 e. The predicted molar refractivity (Wildman–Crippen MR) is 107 cm³/mol. The Balaban J connectivity index is 0.00000210. The molecular formula is C21H22FN5. The molecule has 0 saturated heterocycles. The van der Waals surface area contributed by atoms with Crippen molar-refractivity contribution in [3.05, 3.63) is 78.0 Å². The number of halogens is 1. The van der Waals surface area contributed by atoms with Crippen LogP contribution in [0.1, 0.15) is 18.8 Å². The van der Waals surface area contributed by atoms with E-state index in [4.69, 9.17) is 0 Å². The lowest BCUT2D eigenvalue weighted by Crippen LogP contribution is -2.06. The van der Waals surface area contributed by atoms with Gasteiger partial charge in [-0.25, -0.2) is 19.0 Å². The zero-order valence-electron chi connectivity index (χ0n) is 14.4. The summed E-state index contributed by atoms with van der Waals surface area (Å²) in [7, 11) is 0. The summed E-state index contributed by atoms with van der Waals surface area (Å²) in [6, 6.07) is 16.6. The molecule has 0 unspecified atom stereocenters. The molecule has 0 saturated carbocycles. The highest BCUT2D eigenvalue weighted by Crippen LogP contribution is 2.24. The van der Waals surface area contributed by atoms with Gasteiger partial charge < -0.3 is 5.32 Å². The summed E-state index contributed by atoms with van der Waals surface area (Å²) >= 11 is 0. The van der Waals surface area contributed by atoms with E-state index in [1.165, 1.54) is 17.7 Å². The molecule has 6 heteroatoms. The fraction of sp³-hybridized carbons (Fsp3) is 0.190. The first-order valence-electron chi connectivity index (χ1n) is 8.46. The lowest BCUT2D eigenvalue weighted by Gasteiger charge is -2.08. The number of aromatic nitrogens is 4. The van der Waals surface area contributed by atoms with E-state index in [1.807, 2.05) is 29.8 Å². The maximum atomic E-state index is 13.4. The number of rotatable bonds is 5. The summed E-state index contributed by atoms with van der Waals surface area (Å²) < 4.78 is 15.3. The molecule has 4 aromatic rings. The van der Waals surface area contributed by atoms with Crippen molar-refractivity contribution >= 4 is 22.5 Å². The van der Waals surface area contributed by atoms with E-state index >= 15 is 0 Å². The Morgan fingerprint density at radius 1 is 1.04 bits per heavy atom. The molecule has 0 atom stereocenters. The predicted octanol–water partition coefficient (Wildman–Crippen LogP) is 4.90. The van der Waals surface area contributed by atoms with Gasteiger partial charge >= 0.3 is 0 Å². The van der Waals surface area contributed by atoms with Crippen LogP contribution in [0.2, 0.25) is 0 Å². The van der Waals surface area contributed by atoms with Gasteiger partial charge in [-0.1, -0.05) is 43.8 Å². The number of anilines is 2. The Bertz CT molecular complexity index is 1040. The average molecular weight is 363 g/mol. The Hall–Kier alpha value is -3.28. The van der Waals surface area contributed by atoms with Gasteiger partial charge in [0.25, 0.3) is 0 Å². The van der Waals surface area contributed by atoms with Gasteiger partial charge in [0.05, 0.1) is 11.6 Å². The molecule has 27 heavy (non-hydrogen) atoms. The fourth-order valence-electron chi connectivity index (χ4n) is 2.91. The molecule has 0 fully saturated rings. The summed E-state index contributed by atoms with van der Waals surface area (Å²) in [5.41, 5.74) is 2.66. The summed E-state index contributed by atoms with van der Waals surface area (Å²) in [6.07, 6.45) is 2.62. The Morgan fingerprint density at radius 2 is 1.85 bits per heavy atom. The van der Waals surface area contributed by atoms with Crippen molar-refractivity contribution in [3.63, 3.8) is 0 Å². The van der Waals surface area contributed by atoms with Crippen LogP contribution in [0.4, 0.5) is 15.9 Å². The van der Waals surface area contributed by atoms with Gasteiger partial charge in [-0.2, -0.15) is 5.10 Å². The van der Waals surface area contributed by atoms with Crippen LogP contribution in [-0.4, -0.2) is 19.7 Å². The van der Waals surface area contributed by atoms with Gasteiger partial charge in [0.2, 0.25) is 0 Å². The van der Waals surface area contributed by atoms with Crippen LogP contribution < -0.4 is 5.32 Å². The third kappa shape index (κ3) is 4.11. The largest absolute Gasteiger partial charge is 0.339 e. The topological polar surface area (TPSA) is 55.6 Å². The minimum atomic E-state index is -0.296. The molecule has 4 rings (SSSR count). The van der Waals surface area contributed by atoms with E-state index in [9.17, 15) is 4.39 Å². The highest BCUT2D eigenvalue weighted by molar-refractivity contribution is 5.88. The van der Waals surface area contributed by atoms with Crippen LogP contribution in [-0.2, 0) is 13.0 Å². The molecule has 0 aliphatic carbocycles. The third-order valence-corrected chi connectivity index (χ3v) is 4.15. The van der Waals surface area contributed by atoms with Crippen LogP contribution in [0.15, 0.2) is 60.8 Å². The second-order valence-electron chi connectivity index (χ2n) is 6.10. The van der Waals surface area contributed by atoms with E-state index in [2.05, 4.69) is 32.5 Å². The SMILES string of the molecule is C.Cc1nc(Nc2cccc(F)c2)c2cnn(CCc3ccccc3)c2n1. The monoisotopic (exact) mass is 363 g/mol. The first-order valence-corrected chi connectivity index (χ1v) is 8.46. The molecule has 0 aliphatic rings. The summed E-state index contributed by atoms with van der Waals surface area (Å²) in [5, 5.41) is 8.46. The zero-order valence-corrected chi connectivity index (χ0v) is 14.4. The van der Waals surface area contributed by atoms with Crippen molar-refractivity contribution in [1.82, 2.24) is 19.7 Å². The van der Waals surface area contributed by atoms with Crippen LogP contribution in [0.3, 0.4) is 0 Å². The average Bonchev–Trinajstić information content (AvgIpc) is 3.04. The molecule has 2 aromatic carbocycles. The second-order valence-corrected chi connectivity index (χ2v) is 6.10. The van der Waals surface area contributed by atoms with Crippen molar-refractivity contribution < 1.29 is 4.39 Å². The van der Waals surface area contributed by atoms with E-state index < -0.39 is 0 Å². The Morgan fingerprint density at radius 3 is 2.63 bits per heavy atom. The van der Waals surface area contributed by atoms with Crippen molar-refractivity contribution in [3.8, 4) is 0 Å². The molecular weight excluding hydrogens is 341 g/mol. The molecule has 0 aliphatic heterocycles. The first-order chi connectivity index (χ1) is 12.7. The molecule has 0 radical (unpaired) electrons. The van der Waals surface area contributed by atoms with Crippen LogP contribution in [0.25, 0.3) is 11.0 Å². The van der Waals surface area contributed by atoms with Gasteiger partial charge in [0.1, 0.15) is 17.5 Å². The van der Waals surface area contributed by atoms with Gasteiger partial charge in [-0.05, 0) is 37.1 Å². The van der Waals surface area contributed by atoms with E-state index in [-0.39, 0.29) is 13.2 Å². The molecule has 2 heterocycles. The Kier molecular flexibility index (Phi) is 5.45. The minimum absolute atomic E-state index is 0. The third-order valence-electron chi connectivity index (χ3n) is 4.15. The number of nitrogens with zero attached hydrogens (tertiary/aromatic N) is 4. The van der Waals surface area contributed by atoms with Gasteiger partial charge in [-0.3, -0.25) is 0 Å². The number of fused-ring (bicyclic) bond motifs is 1. The highest BCUT2D eigenvalue weighted by atomic mass is 19.1. The number of hydrogen-bond acceptors (Lipinski definition) is 4. The maximum absolute atomic E-state index is 13.4. The van der Waals surface area contributed by atoms with Gasteiger partial charge in [0, 0.05) is 12.2 Å². The minimum Gasteiger partial charge on any atom is -0.339 e. The second kappa shape index (κ2) is 7.95. The van der Waals surface area contributed by atoms with Crippen LogP contribution in [0.5, 0.6) is 0 Å². The quantitative estimate of drug-likeness (QED) is 0.548. The van der Waals surface area contributed by atoms with E-state index in [0.29, 0.717) is 17.3 Å². The summed E-state index contributed by atoms with van der Waals surface area (Å²) in [6.45, 7) is 2.56. The zero-order chi connectivity index (χ0) is 17.9. The number of aryl methyl sites for hydroxylation is 3. The smallest absolute Gasteiger partial charge is 0.163 e. The fourth-order valence-corrected chi connectivity index (χ4v) is 2.91. The molecule has 0 spiro atoms. The molecule has 1 N–H and O–H groups in total. The van der Waals surface area contributed by atoms with Gasteiger partial charge in [0.15, 0.2) is 5.65 Å². The van der Waals surface area contributed by atoms with Crippen molar-refractivity contribution in [2.45, 2.75) is 27.3 Å². The van der Waals surface area contributed by atoms with Crippen LogP contribution in [0, 0.1) is 12.7 Å². The standard InChI is InChI=1S/C20H18FN5.CH4/c1-14-23-19(25-17-9-5-8-16(21)12-17)18-13-22-26(20(18)24-14)11-10-15-6-3-2-4-7-15;/h2-9,12-13H,10-11H2,1H3,(H,23,24,25);1H4. The molecule has 2 aromatic heterocycles. The normalized spacial score (nSPS) is 10.6. The van der Waals surface area contributed by atoms with E-state index in [0.717, 1.165) is 24.0 Å². The number of benzene rings is 2. The van der Waals surface area contributed by atoms with E-state index in [1.54, 1.807) is 18.3 Å². The van der Waals surface area contributed by atoms with Gasteiger partial charge in [-0.15, -0.1) is 0 Å². The number of hydrogen-bond donors (Lipinski definition) is 1. The lowest BCUT2D eigenvalue weighted by molar-refractivity contribution is 0.628. The summed E-state index contributed by atoms with van der Waals surface area (Å²) in [4.78, 5) is 9.00.